The Morgan fingerprint density at radius 2 is 2.24 bits per heavy atom. The predicted molar refractivity (Wildman–Crippen MR) is 68.8 cm³/mol. The highest BCUT2D eigenvalue weighted by Gasteiger charge is 2.40. The third-order valence-electron chi connectivity index (χ3n) is 3.83. The maximum atomic E-state index is 12.7. The molecule has 4 heteroatoms. The van der Waals surface area contributed by atoms with Gasteiger partial charge in [-0.25, -0.2) is 0 Å². The van der Waals surface area contributed by atoms with E-state index >= 15 is 0 Å². The molecule has 1 aliphatic heterocycles. The van der Waals surface area contributed by atoms with Crippen LogP contribution in [0.2, 0.25) is 0 Å². The van der Waals surface area contributed by atoms with Gasteiger partial charge in [0.2, 0.25) is 5.91 Å². The molecule has 0 aromatic rings. The Hall–Kier alpha value is -0.610. The van der Waals surface area contributed by atoms with Crippen LogP contribution in [0, 0.1) is 5.41 Å². The largest absolute Gasteiger partial charge is 0.395 e. The minimum Gasteiger partial charge on any atom is -0.395 e. The van der Waals surface area contributed by atoms with Crippen LogP contribution in [0.1, 0.15) is 40.0 Å². The molecule has 100 valence electrons. The van der Waals surface area contributed by atoms with E-state index in [2.05, 4.69) is 12.2 Å². The van der Waals surface area contributed by atoms with Crippen LogP contribution in [-0.2, 0) is 4.79 Å². The molecule has 17 heavy (non-hydrogen) atoms. The third-order valence-corrected chi connectivity index (χ3v) is 3.83. The number of hydrogen-bond donors (Lipinski definition) is 2. The Balaban J connectivity index is 2.81. The van der Waals surface area contributed by atoms with Gasteiger partial charge in [-0.3, -0.25) is 4.79 Å². The maximum absolute atomic E-state index is 12.7. The van der Waals surface area contributed by atoms with Crippen molar-refractivity contribution in [3.8, 4) is 0 Å². The van der Waals surface area contributed by atoms with Gasteiger partial charge < -0.3 is 15.3 Å². The molecular weight excluding hydrogens is 216 g/mol. The van der Waals surface area contributed by atoms with Gasteiger partial charge >= 0.3 is 0 Å². The summed E-state index contributed by atoms with van der Waals surface area (Å²) in [6.45, 7) is 8.37. The highest BCUT2D eigenvalue weighted by Crippen LogP contribution is 2.32. The topological polar surface area (TPSA) is 52.6 Å². The normalized spacial score (nSPS) is 25.0. The summed E-state index contributed by atoms with van der Waals surface area (Å²) in [6, 6.07) is 0.153. The summed E-state index contributed by atoms with van der Waals surface area (Å²) in [4.78, 5) is 14.5. The second kappa shape index (κ2) is 6.36. The van der Waals surface area contributed by atoms with E-state index in [1.807, 2.05) is 18.7 Å². The molecule has 4 nitrogen and oxygen atoms in total. The second-order valence-corrected chi connectivity index (χ2v) is 5.23. The van der Waals surface area contributed by atoms with Crippen molar-refractivity contribution >= 4 is 5.91 Å². The fourth-order valence-electron chi connectivity index (χ4n) is 2.61. The van der Waals surface area contributed by atoms with Crippen molar-refractivity contribution in [1.82, 2.24) is 10.2 Å². The monoisotopic (exact) mass is 242 g/mol. The predicted octanol–water partition coefficient (Wildman–Crippen LogP) is 0.995. The van der Waals surface area contributed by atoms with Gasteiger partial charge in [-0.1, -0.05) is 6.92 Å². The number of carbonyl (C=O) groups excluding carboxylic acids is 1. The lowest BCUT2D eigenvalue weighted by atomic mass is 9.77. The first-order valence-electron chi connectivity index (χ1n) is 6.70. The summed E-state index contributed by atoms with van der Waals surface area (Å²) in [5.41, 5.74) is -0.252. The van der Waals surface area contributed by atoms with E-state index in [4.69, 9.17) is 5.11 Å². The average molecular weight is 242 g/mol. The lowest BCUT2D eigenvalue weighted by Crippen LogP contribution is -2.54. The molecule has 1 rings (SSSR count). The number of aliphatic hydroxyl groups is 1. The van der Waals surface area contributed by atoms with Crippen LogP contribution >= 0.6 is 0 Å². The summed E-state index contributed by atoms with van der Waals surface area (Å²) in [7, 11) is 0. The van der Waals surface area contributed by atoms with Crippen molar-refractivity contribution in [2.45, 2.75) is 46.1 Å². The summed E-state index contributed by atoms with van der Waals surface area (Å²) in [5.74, 6) is 0.205. The van der Waals surface area contributed by atoms with Gasteiger partial charge in [0.25, 0.3) is 0 Å². The number of aliphatic hydroxyl groups excluding tert-OH is 1. The molecule has 2 N–H and O–H groups in total. The summed E-state index contributed by atoms with van der Waals surface area (Å²) in [5, 5.41) is 12.4. The van der Waals surface area contributed by atoms with Crippen LogP contribution in [0.4, 0.5) is 0 Å². The number of piperidine rings is 1. The molecule has 0 aliphatic carbocycles. The van der Waals surface area contributed by atoms with E-state index in [-0.39, 0.29) is 24.0 Å². The van der Waals surface area contributed by atoms with Crippen molar-refractivity contribution in [3.63, 3.8) is 0 Å². The van der Waals surface area contributed by atoms with Gasteiger partial charge in [-0.15, -0.1) is 0 Å². The fourth-order valence-corrected chi connectivity index (χ4v) is 2.61. The molecule has 1 aliphatic rings. The average Bonchev–Trinajstić information content (AvgIpc) is 2.35. The van der Waals surface area contributed by atoms with Crippen LogP contribution in [0.5, 0.6) is 0 Å². The highest BCUT2D eigenvalue weighted by atomic mass is 16.3. The van der Waals surface area contributed by atoms with E-state index in [1.165, 1.54) is 0 Å². The van der Waals surface area contributed by atoms with E-state index in [0.717, 1.165) is 32.4 Å². The molecular formula is C13H26N2O2. The zero-order chi connectivity index (χ0) is 12.9. The molecule has 0 saturated carbocycles. The Bertz CT molecular complexity index is 248. The maximum Gasteiger partial charge on any atom is 0.230 e. The van der Waals surface area contributed by atoms with Gasteiger partial charge in [0.15, 0.2) is 0 Å². The first-order valence-corrected chi connectivity index (χ1v) is 6.70. The Kier molecular flexibility index (Phi) is 5.40. The van der Waals surface area contributed by atoms with Crippen LogP contribution in [-0.4, -0.2) is 48.2 Å². The molecule has 1 fully saturated rings. The fraction of sp³-hybridized carbons (Fsp3) is 0.923. The quantitative estimate of drug-likeness (QED) is 0.756. The van der Waals surface area contributed by atoms with E-state index in [0.29, 0.717) is 6.54 Å². The lowest BCUT2D eigenvalue weighted by molar-refractivity contribution is -0.146. The SMILES string of the molecule is CCC1(C(=O)N(CCO)C(C)C)CCCNC1. The van der Waals surface area contributed by atoms with E-state index in [1.54, 1.807) is 0 Å². The molecule has 1 heterocycles. The number of nitrogens with one attached hydrogen (secondary N) is 1. The molecule has 0 aromatic heterocycles. The van der Waals surface area contributed by atoms with Gasteiger partial charge in [-0.2, -0.15) is 0 Å². The van der Waals surface area contributed by atoms with Crippen LogP contribution in [0.25, 0.3) is 0 Å². The molecule has 0 bridgehead atoms. The van der Waals surface area contributed by atoms with Crippen molar-refractivity contribution in [3.05, 3.63) is 0 Å². The molecule has 0 spiro atoms. The number of hydrogen-bond acceptors (Lipinski definition) is 3. The number of nitrogens with zero attached hydrogens (tertiary/aromatic N) is 1. The summed E-state index contributed by atoms with van der Waals surface area (Å²) >= 11 is 0. The van der Waals surface area contributed by atoms with E-state index < -0.39 is 0 Å². The number of rotatable bonds is 5. The van der Waals surface area contributed by atoms with Gasteiger partial charge in [0.05, 0.1) is 12.0 Å². The molecule has 0 radical (unpaired) electrons. The van der Waals surface area contributed by atoms with Crippen molar-refractivity contribution in [2.75, 3.05) is 26.2 Å². The Morgan fingerprint density at radius 1 is 1.53 bits per heavy atom. The molecule has 0 aromatic carbocycles. The summed E-state index contributed by atoms with van der Waals surface area (Å²) in [6.07, 6.45) is 2.89. The van der Waals surface area contributed by atoms with Crippen molar-refractivity contribution in [2.24, 2.45) is 5.41 Å². The lowest BCUT2D eigenvalue weighted by Gasteiger charge is -2.41. The summed E-state index contributed by atoms with van der Waals surface area (Å²) < 4.78 is 0. The molecule has 1 saturated heterocycles. The zero-order valence-corrected chi connectivity index (χ0v) is 11.3. The van der Waals surface area contributed by atoms with Crippen LogP contribution in [0.15, 0.2) is 0 Å². The second-order valence-electron chi connectivity index (χ2n) is 5.23. The molecule has 1 atom stereocenters. The number of amides is 1. The first-order chi connectivity index (χ1) is 8.07. The third kappa shape index (κ3) is 3.19. The standard InChI is InChI=1S/C13H26N2O2/c1-4-13(6-5-7-14-10-13)12(17)15(8-9-16)11(2)3/h11,14,16H,4-10H2,1-3H3. The first kappa shape index (κ1) is 14.5. The minimum atomic E-state index is -0.252. The van der Waals surface area contributed by atoms with Crippen LogP contribution < -0.4 is 5.32 Å². The molecule has 1 unspecified atom stereocenters. The highest BCUT2D eigenvalue weighted by molar-refractivity contribution is 5.83. The minimum absolute atomic E-state index is 0.0388. The van der Waals surface area contributed by atoms with Crippen molar-refractivity contribution in [1.29, 1.82) is 0 Å². The number of carbonyl (C=O) groups is 1. The Labute approximate surface area is 104 Å². The molecule has 1 amide bonds. The van der Waals surface area contributed by atoms with Crippen LogP contribution in [0.3, 0.4) is 0 Å². The zero-order valence-electron chi connectivity index (χ0n) is 11.3. The van der Waals surface area contributed by atoms with Crippen molar-refractivity contribution < 1.29 is 9.90 Å². The van der Waals surface area contributed by atoms with E-state index in [9.17, 15) is 4.79 Å². The van der Waals surface area contributed by atoms with Gasteiger partial charge in [0.1, 0.15) is 0 Å². The van der Waals surface area contributed by atoms with Gasteiger partial charge in [-0.05, 0) is 39.7 Å². The Morgan fingerprint density at radius 3 is 2.65 bits per heavy atom. The smallest absolute Gasteiger partial charge is 0.230 e. The van der Waals surface area contributed by atoms with Gasteiger partial charge in [0, 0.05) is 19.1 Å².